The molecule has 0 aliphatic rings. The standard InChI is InChI=1S/C18H16N6O3/c1-26-14-6-8-15(9-7-14)27-18(25)20-13-10-19-23(11-13)12-24-17-5-3-2-4-16(17)21-22-24/h2-11H,12H2,1H3,(H,20,25). The summed E-state index contributed by atoms with van der Waals surface area (Å²) < 4.78 is 13.7. The maximum absolute atomic E-state index is 12.0. The molecule has 0 fully saturated rings. The molecule has 1 N–H and O–H groups in total. The fourth-order valence-electron chi connectivity index (χ4n) is 2.56. The van der Waals surface area contributed by atoms with Crippen LogP contribution in [0.4, 0.5) is 10.5 Å². The molecule has 4 rings (SSSR count). The maximum atomic E-state index is 12.0. The third-order valence-corrected chi connectivity index (χ3v) is 3.85. The van der Waals surface area contributed by atoms with Crippen LogP contribution in [0.25, 0.3) is 11.0 Å². The Bertz CT molecular complexity index is 1070. The minimum atomic E-state index is -0.606. The molecule has 9 nitrogen and oxygen atoms in total. The lowest BCUT2D eigenvalue weighted by molar-refractivity contribution is 0.215. The van der Waals surface area contributed by atoms with Crippen LogP contribution in [0.2, 0.25) is 0 Å². The van der Waals surface area contributed by atoms with Crippen LogP contribution in [0.15, 0.2) is 60.9 Å². The van der Waals surface area contributed by atoms with Gasteiger partial charge in [0.2, 0.25) is 0 Å². The number of fused-ring (bicyclic) bond motifs is 1. The predicted octanol–water partition coefficient (Wildman–Crippen LogP) is 2.75. The van der Waals surface area contributed by atoms with Gasteiger partial charge in [0.15, 0.2) is 0 Å². The van der Waals surface area contributed by atoms with Crippen LogP contribution >= 0.6 is 0 Å². The highest BCUT2D eigenvalue weighted by Crippen LogP contribution is 2.18. The minimum Gasteiger partial charge on any atom is -0.497 e. The van der Waals surface area contributed by atoms with Gasteiger partial charge in [-0.25, -0.2) is 14.2 Å². The molecule has 0 aliphatic heterocycles. The molecule has 1 amide bonds. The number of nitrogens with one attached hydrogen (secondary N) is 1. The number of rotatable bonds is 5. The Labute approximate surface area is 154 Å². The first-order chi connectivity index (χ1) is 13.2. The monoisotopic (exact) mass is 364 g/mol. The summed E-state index contributed by atoms with van der Waals surface area (Å²) >= 11 is 0. The molecule has 4 aromatic rings. The number of para-hydroxylation sites is 1. The largest absolute Gasteiger partial charge is 0.497 e. The van der Waals surface area contributed by atoms with Crippen LogP contribution < -0.4 is 14.8 Å². The zero-order chi connectivity index (χ0) is 18.6. The third-order valence-electron chi connectivity index (χ3n) is 3.85. The molecular weight excluding hydrogens is 348 g/mol. The van der Waals surface area contributed by atoms with Crippen molar-refractivity contribution in [3.63, 3.8) is 0 Å². The van der Waals surface area contributed by atoms with Crippen LogP contribution in [0.5, 0.6) is 11.5 Å². The number of aromatic nitrogens is 5. The molecule has 2 aromatic heterocycles. The Kier molecular flexibility index (Phi) is 4.40. The molecule has 27 heavy (non-hydrogen) atoms. The van der Waals surface area contributed by atoms with Gasteiger partial charge in [-0.05, 0) is 36.4 Å². The van der Waals surface area contributed by atoms with Crippen molar-refractivity contribution in [2.75, 3.05) is 12.4 Å². The molecule has 2 heterocycles. The summed E-state index contributed by atoms with van der Waals surface area (Å²) in [5.74, 6) is 1.10. The Morgan fingerprint density at radius 3 is 2.70 bits per heavy atom. The topological polar surface area (TPSA) is 96.1 Å². The smallest absolute Gasteiger partial charge is 0.417 e. The van der Waals surface area contributed by atoms with Crippen molar-refractivity contribution in [3.8, 4) is 11.5 Å². The molecule has 0 unspecified atom stereocenters. The summed E-state index contributed by atoms with van der Waals surface area (Å²) in [5.41, 5.74) is 2.23. The highest BCUT2D eigenvalue weighted by molar-refractivity contribution is 5.85. The van der Waals surface area contributed by atoms with Gasteiger partial charge in [0.25, 0.3) is 0 Å². The van der Waals surface area contributed by atoms with Crippen LogP contribution in [-0.2, 0) is 6.67 Å². The molecule has 0 spiro atoms. The second kappa shape index (κ2) is 7.16. The van der Waals surface area contributed by atoms with Gasteiger partial charge in [-0.3, -0.25) is 5.32 Å². The summed E-state index contributed by atoms with van der Waals surface area (Å²) in [4.78, 5) is 12.0. The van der Waals surface area contributed by atoms with Crippen molar-refractivity contribution < 1.29 is 14.3 Å². The summed E-state index contributed by atoms with van der Waals surface area (Å²) in [6, 6.07) is 14.4. The van der Waals surface area contributed by atoms with E-state index in [-0.39, 0.29) is 0 Å². The number of benzene rings is 2. The van der Waals surface area contributed by atoms with E-state index in [2.05, 4.69) is 20.7 Å². The summed E-state index contributed by atoms with van der Waals surface area (Å²) in [7, 11) is 1.57. The van der Waals surface area contributed by atoms with E-state index >= 15 is 0 Å². The number of ether oxygens (including phenoxy) is 2. The zero-order valence-corrected chi connectivity index (χ0v) is 14.4. The Morgan fingerprint density at radius 1 is 1.11 bits per heavy atom. The van der Waals surface area contributed by atoms with Crippen molar-refractivity contribution in [1.29, 1.82) is 0 Å². The Hall–Kier alpha value is -3.88. The van der Waals surface area contributed by atoms with Crippen LogP contribution in [0.3, 0.4) is 0 Å². The molecule has 0 radical (unpaired) electrons. The summed E-state index contributed by atoms with van der Waals surface area (Å²) in [6.45, 7) is 0.371. The number of methoxy groups -OCH3 is 1. The molecule has 9 heteroatoms. The average molecular weight is 364 g/mol. The van der Waals surface area contributed by atoms with Crippen molar-refractivity contribution in [2.45, 2.75) is 6.67 Å². The second-order valence-corrected chi connectivity index (χ2v) is 5.68. The number of hydrogen-bond donors (Lipinski definition) is 1. The Morgan fingerprint density at radius 2 is 1.89 bits per heavy atom. The normalized spacial score (nSPS) is 10.7. The van der Waals surface area contributed by atoms with Crippen LogP contribution in [0, 0.1) is 0 Å². The average Bonchev–Trinajstić information content (AvgIpc) is 3.30. The van der Waals surface area contributed by atoms with E-state index in [0.717, 1.165) is 11.0 Å². The Balaban J connectivity index is 1.39. The fraction of sp³-hybridized carbons (Fsp3) is 0.111. The van der Waals surface area contributed by atoms with Crippen molar-refractivity contribution in [3.05, 3.63) is 60.9 Å². The zero-order valence-electron chi connectivity index (χ0n) is 14.4. The molecule has 136 valence electrons. The van der Waals surface area contributed by atoms with Gasteiger partial charge in [0.1, 0.15) is 23.7 Å². The SMILES string of the molecule is COc1ccc(OC(=O)Nc2cnn(Cn3nnc4ccccc43)c2)cc1. The molecule has 0 bridgehead atoms. The van der Waals surface area contributed by atoms with Gasteiger partial charge in [-0.1, -0.05) is 17.3 Å². The van der Waals surface area contributed by atoms with E-state index in [1.807, 2.05) is 24.3 Å². The van der Waals surface area contributed by atoms with E-state index in [9.17, 15) is 4.79 Å². The predicted molar refractivity (Wildman–Crippen MR) is 97.8 cm³/mol. The lowest BCUT2D eigenvalue weighted by Gasteiger charge is -2.06. The van der Waals surface area contributed by atoms with Gasteiger partial charge < -0.3 is 9.47 Å². The molecular formula is C18H16N6O3. The quantitative estimate of drug-likeness (QED) is 0.585. The van der Waals surface area contributed by atoms with Gasteiger partial charge in [-0.2, -0.15) is 5.10 Å². The number of amides is 1. The van der Waals surface area contributed by atoms with Crippen molar-refractivity contribution in [2.24, 2.45) is 0 Å². The first-order valence-electron chi connectivity index (χ1n) is 8.15. The number of carbonyl (C=O) groups excluding carboxylic acids is 1. The lowest BCUT2D eigenvalue weighted by atomic mass is 10.3. The van der Waals surface area contributed by atoms with Gasteiger partial charge in [0.05, 0.1) is 30.7 Å². The highest BCUT2D eigenvalue weighted by Gasteiger charge is 2.09. The van der Waals surface area contributed by atoms with E-state index in [1.165, 1.54) is 6.20 Å². The summed E-state index contributed by atoms with van der Waals surface area (Å²) in [6.07, 6.45) is 2.62. The number of anilines is 1. The summed E-state index contributed by atoms with van der Waals surface area (Å²) in [5, 5.41) is 15.1. The first-order valence-corrected chi connectivity index (χ1v) is 8.15. The van der Waals surface area contributed by atoms with Gasteiger partial charge >= 0.3 is 6.09 Å². The minimum absolute atomic E-state index is 0.371. The molecule has 0 atom stereocenters. The third kappa shape index (κ3) is 3.71. The van der Waals surface area contributed by atoms with Crippen molar-refractivity contribution in [1.82, 2.24) is 24.8 Å². The number of hydrogen-bond acceptors (Lipinski definition) is 6. The molecule has 0 aliphatic carbocycles. The van der Waals surface area contributed by atoms with E-state index < -0.39 is 6.09 Å². The first kappa shape index (κ1) is 16.6. The number of carbonyl (C=O) groups is 1. The molecule has 0 saturated heterocycles. The fourth-order valence-corrected chi connectivity index (χ4v) is 2.56. The second-order valence-electron chi connectivity index (χ2n) is 5.68. The van der Waals surface area contributed by atoms with Crippen LogP contribution in [-0.4, -0.2) is 38.0 Å². The van der Waals surface area contributed by atoms with Gasteiger partial charge in [-0.15, -0.1) is 5.10 Å². The van der Waals surface area contributed by atoms with E-state index in [1.54, 1.807) is 46.9 Å². The maximum Gasteiger partial charge on any atom is 0.417 e. The lowest BCUT2D eigenvalue weighted by Crippen LogP contribution is -2.16. The number of nitrogens with zero attached hydrogens (tertiary/aromatic N) is 5. The molecule has 2 aromatic carbocycles. The van der Waals surface area contributed by atoms with E-state index in [4.69, 9.17) is 9.47 Å². The van der Waals surface area contributed by atoms with Crippen LogP contribution in [0.1, 0.15) is 0 Å². The highest BCUT2D eigenvalue weighted by atomic mass is 16.6. The van der Waals surface area contributed by atoms with E-state index in [0.29, 0.717) is 23.9 Å². The molecule has 0 saturated carbocycles. The van der Waals surface area contributed by atoms with Crippen molar-refractivity contribution >= 4 is 22.8 Å². The van der Waals surface area contributed by atoms with Gasteiger partial charge in [0, 0.05) is 0 Å².